The van der Waals surface area contributed by atoms with E-state index in [1.807, 2.05) is 40.7 Å². The Kier molecular flexibility index (Phi) is 9.15. The summed E-state index contributed by atoms with van der Waals surface area (Å²) in [5.41, 5.74) is 2.07. The molecule has 23 heavy (non-hydrogen) atoms. The van der Waals surface area contributed by atoms with Crippen molar-refractivity contribution < 1.29 is 19.0 Å². The highest BCUT2D eigenvalue weighted by Crippen LogP contribution is 2.22. The van der Waals surface area contributed by atoms with Gasteiger partial charge in [-0.25, -0.2) is 4.79 Å². The molecule has 0 aliphatic carbocycles. The SMILES string of the molecule is C/C=C(\CC)C/C(NC(=O)OC(C)(C)C)=C(OC)\C(C)=C\OC. The van der Waals surface area contributed by atoms with Gasteiger partial charge in [0.1, 0.15) is 11.4 Å². The Balaban J connectivity index is 5.62. The largest absolute Gasteiger partial charge is 0.504 e. The summed E-state index contributed by atoms with van der Waals surface area (Å²) in [6.45, 7) is 11.4. The van der Waals surface area contributed by atoms with Crippen molar-refractivity contribution in [2.24, 2.45) is 0 Å². The minimum Gasteiger partial charge on any atom is -0.504 e. The Bertz CT molecular complexity index is 482. The quantitative estimate of drug-likeness (QED) is 0.420. The number of carbonyl (C=O) groups is 1. The molecular formula is C18H31NO4. The third kappa shape index (κ3) is 8.33. The third-order valence-corrected chi connectivity index (χ3v) is 3.05. The fraction of sp³-hybridized carbons (Fsp3) is 0.611. The van der Waals surface area contributed by atoms with Crippen LogP contribution in [0.3, 0.4) is 0 Å². The normalized spacial score (nSPS) is 14.1. The van der Waals surface area contributed by atoms with Gasteiger partial charge in [0.2, 0.25) is 0 Å². The van der Waals surface area contributed by atoms with Gasteiger partial charge in [0.05, 0.1) is 26.2 Å². The van der Waals surface area contributed by atoms with Gasteiger partial charge >= 0.3 is 6.09 Å². The summed E-state index contributed by atoms with van der Waals surface area (Å²) >= 11 is 0. The number of ether oxygens (including phenoxy) is 3. The molecule has 0 fully saturated rings. The zero-order chi connectivity index (χ0) is 18.0. The fourth-order valence-corrected chi connectivity index (χ4v) is 2.02. The van der Waals surface area contributed by atoms with Crippen molar-refractivity contribution in [3.8, 4) is 0 Å². The molecular weight excluding hydrogens is 294 g/mol. The van der Waals surface area contributed by atoms with Gasteiger partial charge < -0.3 is 14.2 Å². The predicted molar refractivity (Wildman–Crippen MR) is 92.8 cm³/mol. The second kappa shape index (κ2) is 9.98. The summed E-state index contributed by atoms with van der Waals surface area (Å²) < 4.78 is 15.9. The number of alkyl carbamates (subject to hydrolysis) is 1. The Morgan fingerprint density at radius 3 is 2.22 bits per heavy atom. The lowest BCUT2D eigenvalue weighted by Gasteiger charge is -2.22. The van der Waals surface area contributed by atoms with E-state index in [1.54, 1.807) is 20.5 Å². The number of allylic oxidation sites excluding steroid dienone is 3. The summed E-state index contributed by atoms with van der Waals surface area (Å²) in [6.07, 6.45) is 4.58. The molecule has 0 unspecified atom stereocenters. The molecule has 0 saturated carbocycles. The minimum absolute atomic E-state index is 0.501. The maximum atomic E-state index is 12.1. The van der Waals surface area contributed by atoms with E-state index >= 15 is 0 Å². The number of hydrogen-bond donors (Lipinski definition) is 1. The van der Waals surface area contributed by atoms with E-state index in [0.29, 0.717) is 17.9 Å². The zero-order valence-electron chi connectivity index (χ0n) is 15.7. The van der Waals surface area contributed by atoms with E-state index < -0.39 is 11.7 Å². The van der Waals surface area contributed by atoms with Crippen molar-refractivity contribution >= 4 is 6.09 Å². The average Bonchev–Trinajstić information content (AvgIpc) is 2.43. The summed E-state index contributed by atoms with van der Waals surface area (Å²) in [6, 6.07) is 0. The maximum absolute atomic E-state index is 12.1. The van der Waals surface area contributed by atoms with Gasteiger partial charge in [0.25, 0.3) is 0 Å². The molecule has 1 N–H and O–H groups in total. The second-order valence-electron chi connectivity index (χ2n) is 6.15. The molecule has 5 nitrogen and oxygen atoms in total. The molecule has 0 saturated heterocycles. The molecule has 0 heterocycles. The lowest BCUT2D eigenvalue weighted by Crippen LogP contribution is -2.33. The summed E-state index contributed by atoms with van der Waals surface area (Å²) in [5.74, 6) is 0.575. The number of methoxy groups -OCH3 is 2. The fourth-order valence-electron chi connectivity index (χ4n) is 2.02. The van der Waals surface area contributed by atoms with Crippen molar-refractivity contribution in [1.29, 1.82) is 0 Å². The molecule has 0 bridgehead atoms. The van der Waals surface area contributed by atoms with Crippen LogP contribution in [-0.2, 0) is 14.2 Å². The van der Waals surface area contributed by atoms with Crippen LogP contribution >= 0.6 is 0 Å². The van der Waals surface area contributed by atoms with Crippen LogP contribution in [0.5, 0.6) is 0 Å². The van der Waals surface area contributed by atoms with Gasteiger partial charge in [-0.05, 0) is 41.0 Å². The maximum Gasteiger partial charge on any atom is 0.412 e. The monoisotopic (exact) mass is 325 g/mol. The van der Waals surface area contributed by atoms with E-state index in [2.05, 4.69) is 12.2 Å². The van der Waals surface area contributed by atoms with Gasteiger partial charge in [0.15, 0.2) is 0 Å². The average molecular weight is 325 g/mol. The first kappa shape index (κ1) is 21.1. The molecule has 5 heteroatoms. The highest BCUT2D eigenvalue weighted by Gasteiger charge is 2.20. The Labute approximate surface area is 140 Å². The minimum atomic E-state index is -0.561. The van der Waals surface area contributed by atoms with Crippen molar-refractivity contribution in [3.05, 3.63) is 34.9 Å². The smallest absolute Gasteiger partial charge is 0.412 e. The number of hydrogen-bond acceptors (Lipinski definition) is 4. The molecule has 0 rings (SSSR count). The standard InChI is InChI=1S/C18H31NO4/c1-9-14(10-2)11-15(16(22-8)13(3)12-21-7)19-17(20)23-18(4,5)6/h9,12H,10-11H2,1-8H3,(H,19,20)/b13-12+,14-9+,16-15-. The molecule has 0 atom stereocenters. The highest BCUT2D eigenvalue weighted by atomic mass is 16.6. The molecule has 0 aromatic heterocycles. The van der Waals surface area contributed by atoms with Crippen LogP contribution in [-0.4, -0.2) is 25.9 Å². The molecule has 1 amide bonds. The van der Waals surface area contributed by atoms with Crippen molar-refractivity contribution in [2.75, 3.05) is 14.2 Å². The van der Waals surface area contributed by atoms with Gasteiger partial charge in [-0.1, -0.05) is 18.6 Å². The van der Waals surface area contributed by atoms with Crippen LogP contribution in [0.4, 0.5) is 4.79 Å². The van der Waals surface area contributed by atoms with Crippen LogP contribution in [0.1, 0.15) is 54.4 Å². The van der Waals surface area contributed by atoms with Crippen LogP contribution in [0.15, 0.2) is 34.9 Å². The predicted octanol–water partition coefficient (Wildman–Crippen LogP) is 4.67. The lowest BCUT2D eigenvalue weighted by molar-refractivity contribution is 0.0541. The molecule has 0 spiro atoms. The Morgan fingerprint density at radius 1 is 1.22 bits per heavy atom. The number of rotatable bonds is 7. The number of carbonyl (C=O) groups excluding carboxylic acids is 1. The molecule has 132 valence electrons. The van der Waals surface area contributed by atoms with E-state index in [1.165, 1.54) is 5.57 Å². The first-order valence-corrected chi connectivity index (χ1v) is 7.79. The van der Waals surface area contributed by atoms with Crippen LogP contribution in [0.25, 0.3) is 0 Å². The Hall–Kier alpha value is -1.91. The summed E-state index contributed by atoms with van der Waals surface area (Å²) in [4.78, 5) is 12.1. The van der Waals surface area contributed by atoms with Crippen molar-refractivity contribution in [2.45, 2.75) is 60.0 Å². The van der Waals surface area contributed by atoms with Crippen LogP contribution < -0.4 is 5.32 Å². The lowest BCUT2D eigenvalue weighted by atomic mass is 10.0. The highest BCUT2D eigenvalue weighted by molar-refractivity contribution is 5.70. The first-order valence-electron chi connectivity index (χ1n) is 7.79. The van der Waals surface area contributed by atoms with Crippen LogP contribution in [0, 0.1) is 0 Å². The molecule has 0 aliphatic heterocycles. The van der Waals surface area contributed by atoms with E-state index in [9.17, 15) is 4.79 Å². The Morgan fingerprint density at radius 2 is 1.83 bits per heavy atom. The zero-order valence-corrected chi connectivity index (χ0v) is 15.7. The molecule has 0 aromatic carbocycles. The first-order chi connectivity index (χ1) is 10.7. The molecule has 0 radical (unpaired) electrons. The van der Waals surface area contributed by atoms with Crippen LogP contribution in [0.2, 0.25) is 0 Å². The topological polar surface area (TPSA) is 56.8 Å². The van der Waals surface area contributed by atoms with Crippen molar-refractivity contribution in [3.63, 3.8) is 0 Å². The van der Waals surface area contributed by atoms with E-state index in [-0.39, 0.29) is 0 Å². The van der Waals surface area contributed by atoms with Gasteiger partial charge in [-0.15, -0.1) is 0 Å². The van der Waals surface area contributed by atoms with E-state index in [4.69, 9.17) is 14.2 Å². The second-order valence-corrected chi connectivity index (χ2v) is 6.15. The number of amides is 1. The van der Waals surface area contributed by atoms with Gasteiger partial charge in [-0.2, -0.15) is 0 Å². The van der Waals surface area contributed by atoms with Crippen molar-refractivity contribution in [1.82, 2.24) is 5.32 Å². The van der Waals surface area contributed by atoms with Gasteiger partial charge in [-0.3, -0.25) is 5.32 Å². The summed E-state index contributed by atoms with van der Waals surface area (Å²) in [5, 5.41) is 2.82. The van der Waals surface area contributed by atoms with E-state index in [0.717, 1.165) is 12.0 Å². The molecule has 0 aromatic rings. The summed E-state index contributed by atoms with van der Waals surface area (Å²) in [7, 11) is 3.14. The molecule has 0 aliphatic rings. The number of nitrogens with one attached hydrogen (secondary N) is 1. The third-order valence-electron chi connectivity index (χ3n) is 3.05. The van der Waals surface area contributed by atoms with Gasteiger partial charge in [0, 0.05) is 12.0 Å².